The average Bonchev–Trinajstić information content (AvgIpc) is 2.87. The molecule has 4 amide bonds. The van der Waals surface area contributed by atoms with Crippen LogP contribution in [0.5, 0.6) is 0 Å². The van der Waals surface area contributed by atoms with Gasteiger partial charge in [0.2, 0.25) is 0 Å². The highest BCUT2D eigenvalue weighted by molar-refractivity contribution is 6.07. The van der Waals surface area contributed by atoms with Gasteiger partial charge in [0.1, 0.15) is 5.54 Å². The molecule has 1 aromatic rings. The second kappa shape index (κ2) is 6.68. The smallest absolute Gasteiger partial charge is 0.322 e. The van der Waals surface area contributed by atoms with Crippen molar-refractivity contribution in [3.8, 4) is 0 Å². The Morgan fingerprint density at radius 1 is 1.15 bits per heavy atom. The van der Waals surface area contributed by atoms with Crippen LogP contribution >= 0.6 is 0 Å². The van der Waals surface area contributed by atoms with E-state index in [1.54, 1.807) is 38.1 Å². The number of nitrogens with one attached hydrogen (secondary N) is 3. The van der Waals surface area contributed by atoms with Crippen molar-refractivity contribution in [2.45, 2.75) is 50.6 Å². The molecule has 0 bridgehead atoms. The lowest BCUT2D eigenvalue weighted by molar-refractivity contribution is -0.145. The zero-order valence-corrected chi connectivity index (χ0v) is 15.3. The number of hydrogen-bond donors (Lipinski definition) is 4. The molecule has 2 fully saturated rings. The summed E-state index contributed by atoms with van der Waals surface area (Å²) in [5, 5.41) is 17.1. The summed E-state index contributed by atoms with van der Waals surface area (Å²) in [5.74, 6) is -2.33. The van der Waals surface area contributed by atoms with E-state index < -0.39 is 34.9 Å². The molecule has 8 nitrogen and oxygen atoms in total. The van der Waals surface area contributed by atoms with Crippen LogP contribution in [0, 0.1) is 5.92 Å². The van der Waals surface area contributed by atoms with Crippen molar-refractivity contribution in [3.05, 3.63) is 35.4 Å². The number of urea groups is 1. The Labute approximate surface area is 156 Å². The van der Waals surface area contributed by atoms with Crippen LogP contribution in [0.2, 0.25) is 0 Å². The summed E-state index contributed by atoms with van der Waals surface area (Å²) in [6.07, 6.45) is 2.85. The van der Waals surface area contributed by atoms with E-state index in [0.717, 1.165) is 12.8 Å². The Balaban J connectivity index is 1.77. The third-order valence-corrected chi connectivity index (χ3v) is 5.67. The second-order valence-electron chi connectivity index (χ2n) is 7.62. The van der Waals surface area contributed by atoms with Gasteiger partial charge < -0.3 is 15.7 Å². The third-order valence-electron chi connectivity index (χ3n) is 5.67. The number of amides is 4. The Hall–Kier alpha value is -2.90. The van der Waals surface area contributed by atoms with Crippen molar-refractivity contribution >= 4 is 23.8 Å². The molecule has 0 radical (unpaired) electrons. The van der Waals surface area contributed by atoms with Crippen LogP contribution < -0.4 is 16.0 Å². The Morgan fingerprint density at radius 2 is 1.81 bits per heavy atom. The number of imide groups is 1. The molecule has 1 saturated carbocycles. The largest absolute Gasteiger partial charge is 0.481 e. The first-order valence-electron chi connectivity index (χ1n) is 8.95. The lowest BCUT2D eigenvalue weighted by atomic mass is 9.73. The van der Waals surface area contributed by atoms with Crippen LogP contribution in [0.15, 0.2) is 24.3 Å². The summed E-state index contributed by atoms with van der Waals surface area (Å²) in [5.41, 5.74) is -1.07. The molecule has 0 spiro atoms. The Morgan fingerprint density at radius 3 is 2.37 bits per heavy atom. The zero-order chi connectivity index (χ0) is 19.8. The molecule has 1 aliphatic carbocycles. The zero-order valence-electron chi connectivity index (χ0n) is 15.3. The Kier molecular flexibility index (Phi) is 4.67. The lowest BCUT2D eigenvalue weighted by Crippen LogP contribution is -2.55. The molecule has 1 aromatic carbocycles. The molecular weight excluding hydrogens is 350 g/mol. The van der Waals surface area contributed by atoms with Gasteiger partial charge in [0.05, 0.1) is 11.5 Å². The molecule has 1 aliphatic heterocycles. The lowest BCUT2D eigenvalue weighted by Gasteiger charge is -2.39. The van der Waals surface area contributed by atoms with E-state index in [0.29, 0.717) is 24.0 Å². The summed E-state index contributed by atoms with van der Waals surface area (Å²) in [6.45, 7) is 3.36. The van der Waals surface area contributed by atoms with E-state index in [4.69, 9.17) is 0 Å². The predicted molar refractivity (Wildman–Crippen MR) is 95.9 cm³/mol. The maximum Gasteiger partial charge on any atom is 0.322 e. The molecule has 3 rings (SSSR count). The number of rotatable bonds is 4. The number of aliphatic carboxylic acids is 1. The van der Waals surface area contributed by atoms with E-state index in [9.17, 15) is 24.3 Å². The van der Waals surface area contributed by atoms with Gasteiger partial charge in [-0.2, -0.15) is 0 Å². The highest BCUT2D eigenvalue weighted by Crippen LogP contribution is 2.34. The van der Waals surface area contributed by atoms with Gasteiger partial charge in [0.25, 0.3) is 11.8 Å². The minimum absolute atomic E-state index is 0.359. The number of carboxylic acids is 1. The maximum absolute atomic E-state index is 12.7. The minimum atomic E-state index is -1.18. The van der Waals surface area contributed by atoms with Gasteiger partial charge in [0.15, 0.2) is 0 Å². The molecule has 27 heavy (non-hydrogen) atoms. The van der Waals surface area contributed by atoms with E-state index >= 15 is 0 Å². The van der Waals surface area contributed by atoms with Gasteiger partial charge in [-0.1, -0.05) is 25.0 Å². The minimum Gasteiger partial charge on any atom is -0.481 e. The van der Waals surface area contributed by atoms with Crippen molar-refractivity contribution in [1.82, 2.24) is 16.0 Å². The van der Waals surface area contributed by atoms with E-state index in [1.807, 2.05) is 0 Å². The fraction of sp³-hybridized carbons (Fsp3) is 0.474. The summed E-state index contributed by atoms with van der Waals surface area (Å²) in [4.78, 5) is 47.6. The van der Waals surface area contributed by atoms with Crippen molar-refractivity contribution in [1.29, 1.82) is 0 Å². The van der Waals surface area contributed by atoms with Gasteiger partial charge in [-0.3, -0.25) is 19.7 Å². The number of carbonyl (C=O) groups is 4. The van der Waals surface area contributed by atoms with Crippen LogP contribution in [-0.2, 0) is 15.1 Å². The fourth-order valence-electron chi connectivity index (χ4n) is 3.91. The van der Waals surface area contributed by atoms with Crippen molar-refractivity contribution in [3.63, 3.8) is 0 Å². The first kappa shape index (κ1) is 18.9. The first-order valence-corrected chi connectivity index (χ1v) is 8.95. The van der Waals surface area contributed by atoms with Crippen molar-refractivity contribution in [2.24, 2.45) is 5.92 Å². The van der Waals surface area contributed by atoms with E-state index in [1.165, 1.54) is 0 Å². The summed E-state index contributed by atoms with van der Waals surface area (Å²) in [6, 6.07) is 5.79. The van der Waals surface area contributed by atoms with E-state index in [-0.39, 0.29) is 5.91 Å². The van der Waals surface area contributed by atoms with Gasteiger partial charge in [-0.05, 0) is 44.4 Å². The number of carboxylic acid groups (broad SMARTS) is 1. The molecule has 3 unspecified atom stereocenters. The number of benzene rings is 1. The molecule has 0 aromatic heterocycles. The molecular formula is C19H23N3O5. The molecule has 4 N–H and O–H groups in total. The average molecular weight is 373 g/mol. The second-order valence-corrected chi connectivity index (χ2v) is 7.62. The van der Waals surface area contributed by atoms with Gasteiger partial charge >= 0.3 is 12.0 Å². The molecule has 3 atom stereocenters. The van der Waals surface area contributed by atoms with Crippen LogP contribution in [0.1, 0.15) is 55.5 Å². The SMILES string of the molecule is CC1(c2ccc(C(=O)NC3(C)CCCCC3C(=O)O)cc2)NC(=O)NC1=O. The summed E-state index contributed by atoms with van der Waals surface area (Å²) >= 11 is 0. The summed E-state index contributed by atoms with van der Waals surface area (Å²) in [7, 11) is 0. The van der Waals surface area contributed by atoms with Crippen molar-refractivity contribution in [2.75, 3.05) is 0 Å². The van der Waals surface area contributed by atoms with Crippen LogP contribution in [0.4, 0.5) is 4.79 Å². The molecule has 8 heteroatoms. The standard InChI is InChI=1S/C19H23N3O5/c1-18(10-4-3-5-13(18)15(24)25)21-14(23)11-6-8-12(9-7-11)19(2)16(26)20-17(27)22-19/h6-9,13H,3-5,10H2,1-2H3,(H,21,23)(H,24,25)(H2,20,22,26,27). The van der Waals surface area contributed by atoms with Crippen molar-refractivity contribution < 1.29 is 24.3 Å². The monoisotopic (exact) mass is 373 g/mol. The van der Waals surface area contributed by atoms with E-state index in [2.05, 4.69) is 16.0 Å². The Bertz CT molecular complexity index is 806. The third kappa shape index (κ3) is 3.39. The highest BCUT2D eigenvalue weighted by atomic mass is 16.4. The van der Waals surface area contributed by atoms with Crippen LogP contribution in [-0.4, -0.2) is 34.5 Å². The maximum atomic E-state index is 12.7. The molecule has 2 aliphatic rings. The first-order chi connectivity index (χ1) is 12.7. The molecule has 144 valence electrons. The number of hydrogen-bond acceptors (Lipinski definition) is 4. The normalized spacial score (nSPS) is 30.4. The van der Waals surface area contributed by atoms with Crippen LogP contribution in [0.25, 0.3) is 0 Å². The molecule has 1 saturated heterocycles. The van der Waals surface area contributed by atoms with Gasteiger partial charge in [-0.25, -0.2) is 4.79 Å². The topological polar surface area (TPSA) is 125 Å². The quantitative estimate of drug-likeness (QED) is 0.596. The van der Waals surface area contributed by atoms with Crippen LogP contribution in [0.3, 0.4) is 0 Å². The van der Waals surface area contributed by atoms with Gasteiger partial charge in [0, 0.05) is 5.56 Å². The fourth-order valence-corrected chi connectivity index (χ4v) is 3.91. The molecule has 1 heterocycles. The predicted octanol–water partition coefficient (Wildman–Crippen LogP) is 1.50. The van der Waals surface area contributed by atoms with Gasteiger partial charge in [-0.15, -0.1) is 0 Å². The summed E-state index contributed by atoms with van der Waals surface area (Å²) < 4.78 is 0. The highest BCUT2D eigenvalue weighted by Gasteiger charge is 2.44. The number of carbonyl (C=O) groups excluding carboxylic acids is 3.